The average Bonchev–Trinajstić information content (AvgIpc) is 3.06. The van der Waals surface area contributed by atoms with E-state index in [0.29, 0.717) is 6.79 Å². The highest BCUT2D eigenvalue weighted by atomic mass is 16.7. The first-order valence-electron chi connectivity index (χ1n) is 7.80. The zero-order valence-corrected chi connectivity index (χ0v) is 12.5. The Hall–Kier alpha value is -1.56. The van der Waals surface area contributed by atoms with Crippen molar-refractivity contribution in [2.45, 2.75) is 43.2 Å². The van der Waals surface area contributed by atoms with Crippen molar-refractivity contribution < 1.29 is 19.3 Å². The fourth-order valence-corrected chi connectivity index (χ4v) is 4.68. The van der Waals surface area contributed by atoms with Crippen LogP contribution >= 0.6 is 0 Å². The van der Waals surface area contributed by atoms with Crippen LogP contribution in [0.25, 0.3) is 0 Å². The maximum Gasteiger partial charge on any atom is 0.231 e. The van der Waals surface area contributed by atoms with Gasteiger partial charge < -0.3 is 19.3 Å². The Morgan fingerprint density at radius 2 is 2.14 bits per heavy atom. The first-order chi connectivity index (χ1) is 10.7. The molecule has 3 heterocycles. The van der Waals surface area contributed by atoms with E-state index >= 15 is 0 Å². The number of hydrogen-bond donors (Lipinski definition) is 1. The molecular weight excluding hydrogens is 282 g/mol. The Morgan fingerprint density at radius 1 is 1.32 bits per heavy atom. The monoisotopic (exact) mass is 301 g/mol. The van der Waals surface area contributed by atoms with Gasteiger partial charge in [0, 0.05) is 31.5 Å². The van der Waals surface area contributed by atoms with Gasteiger partial charge in [0.2, 0.25) is 6.79 Å². The van der Waals surface area contributed by atoms with Gasteiger partial charge in [0.05, 0.1) is 6.10 Å². The number of aliphatic hydroxyl groups excluding tert-OH is 1. The molecule has 0 aromatic heterocycles. The predicted octanol–water partition coefficient (Wildman–Crippen LogP) is 1.53. The van der Waals surface area contributed by atoms with Crippen LogP contribution in [0.1, 0.15) is 24.0 Å². The Kier molecular flexibility index (Phi) is 2.50. The number of methoxy groups -OCH3 is 1. The van der Waals surface area contributed by atoms with Crippen LogP contribution in [0.4, 0.5) is 0 Å². The minimum Gasteiger partial charge on any atom is -0.454 e. The van der Waals surface area contributed by atoms with Crippen LogP contribution in [0.3, 0.4) is 0 Å². The molecule has 0 saturated carbocycles. The standard InChI is InChI=1S/C17H19NO4/c1-20-11-2-3-17-7-16(19)18(15(17)5-11)8-10-4-13-14(6-12(10)17)22-9-21-13/h2-4,6,11,15-16,19H,5,7-9H2,1H3/t11-,15+,16-,17+/m0/s1. The third-order valence-electron chi connectivity index (χ3n) is 5.72. The Balaban J connectivity index is 1.70. The van der Waals surface area contributed by atoms with Crippen LogP contribution in [0.2, 0.25) is 0 Å². The topological polar surface area (TPSA) is 51.2 Å². The van der Waals surface area contributed by atoms with Crippen LogP contribution in [0.15, 0.2) is 24.3 Å². The highest BCUT2D eigenvalue weighted by Gasteiger charge is 2.57. The largest absolute Gasteiger partial charge is 0.454 e. The number of aliphatic hydroxyl groups is 1. The number of rotatable bonds is 1. The van der Waals surface area contributed by atoms with Gasteiger partial charge in [0.25, 0.3) is 0 Å². The lowest BCUT2D eigenvalue weighted by Crippen LogP contribution is -2.50. The van der Waals surface area contributed by atoms with Gasteiger partial charge in [-0.05, 0) is 29.7 Å². The van der Waals surface area contributed by atoms with Gasteiger partial charge in [-0.1, -0.05) is 12.2 Å². The number of fused-ring (bicyclic) bond motifs is 2. The lowest BCUT2D eigenvalue weighted by atomic mass is 9.66. The van der Waals surface area contributed by atoms with Gasteiger partial charge >= 0.3 is 0 Å². The van der Waals surface area contributed by atoms with Crippen LogP contribution in [-0.2, 0) is 16.7 Å². The fourth-order valence-electron chi connectivity index (χ4n) is 4.68. The lowest BCUT2D eigenvalue weighted by Gasteiger charge is -2.45. The van der Waals surface area contributed by atoms with E-state index in [-0.39, 0.29) is 17.6 Å². The second-order valence-electron chi connectivity index (χ2n) is 6.64. The molecule has 1 saturated heterocycles. The first kappa shape index (κ1) is 12.9. The summed E-state index contributed by atoms with van der Waals surface area (Å²) in [5.41, 5.74) is 2.38. The van der Waals surface area contributed by atoms with Crippen molar-refractivity contribution in [1.29, 1.82) is 0 Å². The second-order valence-corrected chi connectivity index (χ2v) is 6.64. The zero-order valence-electron chi connectivity index (χ0n) is 12.5. The Morgan fingerprint density at radius 3 is 2.95 bits per heavy atom. The van der Waals surface area contributed by atoms with Gasteiger partial charge in [-0.15, -0.1) is 0 Å². The van der Waals surface area contributed by atoms with Crippen molar-refractivity contribution in [1.82, 2.24) is 4.90 Å². The van der Waals surface area contributed by atoms with Crippen molar-refractivity contribution in [3.05, 3.63) is 35.4 Å². The Labute approximate surface area is 129 Å². The van der Waals surface area contributed by atoms with Gasteiger partial charge in [0.15, 0.2) is 11.5 Å². The van der Waals surface area contributed by atoms with Crippen molar-refractivity contribution >= 4 is 0 Å². The van der Waals surface area contributed by atoms with Gasteiger partial charge in [-0.3, -0.25) is 4.90 Å². The van der Waals surface area contributed by atoms with Crippen molar-refractivity contribution in [3.8, 4) is 11.5 Å². The van der Waals surface area contributed by atoms with E-state index in [0.717, 1.165) is 30.9 Å². The summed E-state index contributed by atoms with van der Waals surface area (Å²) < 4.78 is 16.6. The van der Waals surface area contributed by atoms with E-state index in [2.05, 4.69) is 29.2 Å². The summed E-state index contributed by atoms with van der Waals surface area (Å²) in [5, 5.41) is 10.6. The molecular formula is C17H19NO4. The summed E-state index contributed by atoms with van der Waals surface area (Å²) in [6.07, 6.45) is 5.76. The van der Waals surface area contributed by atoms with Crippen LogP contribution in [-0.4, -0.2) is 42.3 Å². The van der Waals surface area contributed by atoms with Crippen molar-refractivity contribution in [2.24, 2.45) is 0 Å². The molecule has 5 nitrogen and oxygen atoms in total. The lowest BCUT2D eigenvalue weighted by molar-refractivity contribution is -0.00714. The van der Waals surface area contributed by atoms with Crippen molar-refractivity contribution in [3.63, 3.8) is 0 Å². The molecule has 116 valence electrons. The van der Waals surface area contributed by atoms with E-state index in [1.807, 2.05) is 0 Å². The minimum atomic E-state index is -0.408. The molecule has 3 aliphatic heterocycles. The van der Waals surface area contributed by atoms with Gasteiger partial charge in [0.1, 0.15) is 6.23 Å². The molecule has 1 N–H and O–H groups in total. The molecule has 2 bridgehead atoms. The molecule has 1 unspecified atom stereocenters. The molecule has 1 fully saturated rings. The SMILES string of the molecule is CO[C@H]1C=C[C@@]23C[C@H](O)N(Cc4cc5c(cc42)OCO5)[C@@H]3C1. The third kappa shape index (κ3) is 1.49. The normalized spacial score (nSPS) is 40.5. The second kappa shape index (κ2) is 4.25. The van der Waals surface area contributed by atoms with Crippen LogP contribution < -0.4 is 9.47 Å². The quantitative estimate of drug-likeness (QED) is 0.797. The molecule has 5 rings (SSSR count). The van der Waals surface area contributed by atoms with Crippen LogP contribution in [0.5, 0.6) is 11.5 Å². The summed E-state index contributed by atoms with van der Waals surface area (Å²) in [7, 11) is 1.75. The van der Waals surface area contributed by atoms with Crippen molar-refractivity contribution in [2.75, 3.05) is 13.9 Å². The maximum absolute atomic E-state index is 10.6. The zero-order chi connectivity index (χ0) is 14.9. The van der Waals surface area contributed by atoms with E-state index < -0.39 is 6.23 Å². The van der Waals surface area contributed by atoms with Gasteiger partial charge in [-0.2, -0.15) is 0 Å². The highest BCUT2D eigenvalue weighted by Crippen LogP contribution is 2.55. The molecule has 1 aliphatic carbocycles. The molecule has 1 aromatic carbocycles. The summed E-state index contributed by atoms with van der Waals surface area (Å²) >= 11 is 0. The minimum absolute atomic E-state index is 0.126. The summed E-state index contributed by atoms with van der Waals surface area (Å²) in [4.78, 5) is 2.21. The number of hydrogen-bond acceptors (Lipinski definition) is 5. The highest BCUT2D eigenvalue weighted by molar-refractivity contribution is 5.55. The maximum atomic E-state index is 10.6. The molecule has 0 amide bonds. The predicted molar refractivity (Wildman–Crippen MR) is 78.8 cm³/mol. The van der Waals surface area contributed by atoms with Crippen LogP contribution in [0, 0.1) is 0 Å². The number of ether oxygens (including phenoxy) is 3. The third-order valence-corrected chi connectivity index (χ3v) is 5.72. The molecule has 0 radical (unpaired) electrons. The number of benzene rings is 1. The fraction of sp³-hybridized carbons (Fsp3) is 0.529. The van der Waals surface area contributed by atoms with E-state index in [1.165, 1.54) is 11.1 Å². The first-order valence-corrected chi connectivity index (χ1v) is 7.80. The van der Waals surface area contributed by atoms with E-state index in [4.69, 9.17) is 14.2 Å². The van der Waals surface area contributed by atoms with E-state index in [9.17, 15) is 5.11 Å². The summed E-state index contributed by atoms with van der Waals surface area (Å²) in [5.74, 6) is 1.64. The molecule has 5 atom stereocenters. The summed E-state index contributed by atoms with van der Waals surface area (Å²) in [6.45, 7) is 1.05. The molecule has 4 aliphatic rings. The molecule has 5 heteroatoms. The Bertz CT molecular complexity index is 673. The average molecular weight is 301 g/mol. The molecule has 22 heavy (non-hydrogen) atoms. The number of nitrogens with zero attached hydrogens (tertiary/aromatic N) is 1. The van der Waals surface area contributed by atoms with E-state index in [1.54, 1.807) is 7.11 Å². The van der Waals surface area contributed by atoms with Gasteiger partial charge in [-0.25, -0.2) is 0 Å². The summed E-state index contributed by atoms with van der Waals surface area (Å²) in [6, 6.07) is 4.49. The molecule has 0 spiro atoms. The molecule has 1 aromatic rings. The smallest absolute Gasteiger partial charge is 0.231 e.